The molecular weight excluding hydrogens is 623 g/mol. The lowest BCUT2D eigenvalue weighted by molar-refractivity contribution is 0.111. The van der Waals surface area contributed by atoms with Crippen molar-refractivity contribution in [2.75, 3.05) is 10.6 Å². The zero-order valence-corrected chi connectivity index (χ0v) is 23.8. The van der Waals surface area contributed by atoms with E-state index in [1.807, 2.05) is 36.4 Å². The molecule has 0 unspecified atom stereocenters. The first-order valence-corrected chi connectivity index (χ1v) is 13.1. The van der Waals surface area contributed by atoms with Gasteiger partial charge < -0.3 is 9.47 Å². The van der Waals surface area contributed by atoms with E-state index in [9.17, 15) is 14.9 Å². The van der Waals surface area contributed by atoms with Crippen molar-refractivity contribution in [2.24, 2.45) is 0 Å². The molecule has 0 radical (unpaired) electrons. The predicted octanol–water partition coefficient (Wildman–Crippen LogP) is 6.99. The summed E-state index contributed by atoms with van der Waals surface area (Å²) in [6.07, 6.45) is 4.01. The molecule has 4 aromatic rings. The minimum absolute atomic E-state index is 0.0134. The Labute approximate surface area is 247 Å². The summed E-state index contributed by atoms with van der Waals surface area (Å²) in [5.41, 5.74) is 1.57. The SMILES string of the molecule is C[C@@H](Oc1cc(NC(=O)Nc2nc(C=O)c(Br)cc2OCc2ccccc2)ncc1C#N)c1c(Cl)cncc1Cl. The lowest BCUT2D eigenvalue weighted by atomic mass is 10.1. The van der Waals surface area contributed by atoms with E-state index in [1.54, 1.807) is 6.92 Å². The Morgan fingerprint density at radius 2 is 1.85 bits per heavy atom. The van der Waals surface area contributed by atoms with Crippen molar-refractivity contribution in [1.29, 1.82) is 5.26 Å². The molecule has 0 saturated carbocycles. The molecule has 10 nitrogen and oxygen atoms in total. The van der Waals surface area contributed by atoms with Crippen LogP contribution in [0, 0.1) is 11.3 Å². The molecule has 0 aliphatic carbocycles. The Hall–Kier alpha value is -4.24. The van der Waals surface area contributed by atoms with Gasteiger partial charge in [-0.05, 0) is 28.4 Å². The highest BCUT2D eigenvalue weighted by atomic mass is 79.9. The molecule has 0 fully saturated rings. The lowest BCUT2D eigenvalue weighted by Crippen LogP contribution is -2.22. The number of nitriles is 1. The maximum Gasteiger partial charge on any atom is 0.326 e. The highest BCUT2D eigenvalue weighted by molar-refractivity contribution is 9.10. The summed E-state index contributed by atoms with van der Waals surface area (Å²) in [6.45, 7) is 1.91. The third-order valence-electron chi connectivity index (χ3n) is 5.38. The fraction of sp³-hybridized carbons (Fsp3) is 0.111. The van der Waals surface area contributed by atoms with E-state index in [0.717, 1.165) is 5.56 Å². The molecule has 0 bridgehead atoms. The molecule has 3 heterocycles. The number of aldehydes is 1. The highest BCUT2D eigenvalue weighted by Crippen LogP contribution is 2.34. The average Bonchev–Trinajstić information content (AvgIpc) is 2.93. The molecule has 2 amide bonds. The zero-order valence-electron chi connectivity index (χ0n) is 20.7. The van der Waals surface area contributed by atoms with Crippen molar-refractivity contribution >= 4 is 63.1 Å². The van der Waals surface area contributed by atoms with Gasteiger partial charge in [0.25, 0.3) is 0 Å². The minimum Gasteiger partial charge on any atom is -0.485 e. The van der Waals surface area contributed by atoms with Gasteiger partial charge in [-0.2, -0.15) is 5.26 Å². The number of anilines is 2. The van der Waals surface area contributed by atoms with Gasteiger partial charge in [0.05, 0.1) is 20.7 Å². The smallest absolute Gasteiger partial charge is 0.326 e. The van der Waals surface area contributed by atoms with Crippen LogP contribution in [0.15, 0.2) is 65.5 Å². The van der Waals surface area contributed by atoms with E-state index in [4.69, 9.17) is 32.7 Å². The summed E-state index contributed by atoms with van der Waals surface area (Å²) in [7, 11) is 0. The molecule has 2 N–H and O–H groups in total. The molecule has 3 aromatic heterocycles. The predicted molar refractivity (Wildman–Crippen MR) is 153 cm³/mol. The maximum absolute atomic E-state index is 12.9. The monoisotopic (exact) mass is 640 g/mol. The van der Waals surface area contributed by atoms with Gasteiger partial charge in [-0.25, -0.2) is 14.8 Å². The van der Waals surface area contributed by atoms with Gasteiger partial charge in [0.15, 0.2) is 17.9 Å². The Balaban J connectivity index is 1.53. The molecule has 0 aliphatic rings. The van der Waals surface area contributed by atoms with Gasteiger partial charge in [-0.1, -0.05) is 53.5 Å². The number of aromatic nitrogens is 3. The Bertz CT molecular complexity index is 1580. The van der Waals surface area contributed by atoms with E-state index < -0.39 is 12.1 Å². The fourth-order valence-corrected chi connectivity index (χ4v) is 4.57. The van der Waals surface area contributed by atoms with Gasteiger partial charge >= 0.3 is 6.03 Å². The van der Waals surface area contributed by atoms with Crippen molar-refractivity contribution in [1.82, 2.24) is 15.0 Å². The molecule has 202 valence electrons. The zero-order chi connectivity index (χ0) is 28.6. The summed E-state index contributed by atoms with van der Waals surface area (Å²) in [4.78, 5) is 36.5. The number of urea groups is 1. The number of halogens is 3. The number of hydrogen-bond acceptors (Lipinski definition) is 8. The number of amides is 2. The number of nitrogens with zero attached hydrogens (tertiary/aromatic N) is 4. The van der Waals surface area contributed by atoms with Crippen LogP contribution in [-0.4, -0.2) is 27.3 Å². The first-order chi connectivity index (χ1) is 19.3. The number of hydrogen-bond donors (Lipinski definition) is 2. The Morgan fingerprint density at radius 1 is 1.12 bits per heavy atom. The number of benzene rings is 1. The molecule has 0 spiro atoms. The average molecular weight is 642 g/mol. The number of pyridine rings is 3. The maximum atomic E-state index is 12.9. The van der Waals surface area contributed by atoms with Crippen LogP contribution >= 0.6 is 39.1 Å². The van der Waals surface area contributed by atoms with Crippen molar-refractivity contribution in [2.45, 2.75) is 19.6 Å². The topological polar surface area (TPSA) is 139 Å². The van der Waals surface area contributed by atoms with Crippen molar-refractivity contribution in [3.63, 3.8) is 0 Å². The molecule has 1 atom stereocenters. The van der Waals surface area contributed by atoms with Gasteiger partial charge in [0.1, 0.15) is 41.6 Å². The van der Waals surface area contributed by atoms with Gasteiger partial charge in [0.2, 0.25) is 0 Å². The summed E-state index contributed by atoms with van der Waals surface area (Å²) in [6, 6.07) is 13.6. The normalized spacial score (nSPS) is 11.2. The number of carbonyl (C=O) groups is 2. The van der Waals surface area contributed by atoms with E-state index in [-0.39, 0.29) is 41.0 Å². The third kappa shape index (κ3) is 7.04. The summed E-state index contributed by atoms with van der Waals surface area (Å²) >= 11 is 15.7. The van der Waals surface area contributed by atoms with Gasteiger partial charge in [-0.3, -0.25) is 20.4 Å². The summed E-state index contributed by atoms with van der Waals surface area (Å²) in [5, 5.41) is 15.3. The Morgan fingerprint density at radius 3 is 2.52 bits per heavy atom. The van der Waals surface area contributed by atoms with Crippen molar-refractivity contribution < 1.29 is 19.1 Å². The van der Waals surface area contributed by atoms with Crippen LogP contribution < -0.4 is 20.1 Å². The van der Waals surface area contributed by atoms with Crippen LogP contribution in [0.4, 0.5) is 16.4 Å². The second kappa shape index (κ2) is 13.2. The van der Waals surface area contributed by atoms with Crippen LogP contribution in [0.3, 0.4) is 0 Å². The van der Waals surface area contributed by atoms with Crippen molar-refractivity contribution in [3.05, 3.63) is 98.0 Å². The van der Waals surface area contributed by atoms with Gasteiger partial charge in [0, 0.05) is 30.1 Å². The van der Waals surface area contributed by atoms with Gasteiger partial charge in [-0.15, -0.1) is 0 Å². The standard InChI is InChI=1S/C27H19BrCl2N6O4/c1-15(25-19(29)11-32-12-20(25)30)40-22-8-24(33-10-17(22)9-31)35-27(38)36-26-23(7-18(28)21(13-37)34-26)39-14-16-5-3-2-4-6-16/h2-8,10-13,15H,14H2,1H3,(H2,33,34,35,36,38)/t15-/m1/s1. The molecule has 40 heavy (non-hydrogen) atoms. The minimum atomic E-state index is -0.729. The van der Waals surface area contributed by atoms with Crippen LogP contribution in [0.2, 0.25) is 10.0 Å². The fourth-order valence-electron chi connectivity index (χ4n) is 3.50. The highest BCUT2D eigenvalue weighted by Gasteiger charge is 2.19. The first-order valence-electron chi connectivity index (χ1n) is 11.5. The second-order valence-corrected chi connectivity index (χ2v) is 9.80. The third-order valence-corrected chi connectivity index (χ3v) is 6.62. The molecular formula is C27H19BrCl2N6O4. The van der Waals surface area contributed by atoms with E-state index in [1.165, 1.54) is 30.7 Å². The van der Waals surface area contributed by atoms with E-state index in [2.05, 4.69) is 41.5 Å². The number of rotatable bonds is 9. The van der Waals surface area contributed by atoms with E-state index in [0.29, 0.717) is 26.4 Å². The summed E-state index contributed by atoms with van der Waals surface area (Å²) < 4.78 is 12.2. The van der Waals surface area contributed by atoms with Crippen LogP contribution in [0.25, 0.3) is 0 Å². The molecule has 1 aromatic carbocycles. The molecule has 4 rings (SSSR count). The quantitative estimate of drug-likeness (QED) is 0.186. The molecule has 0 saturated heterocycles. The molecule has 0 aliphatic heterocycles. The second-order valence-electron chi connectivity index (χ2n) is 8.13. The van der Waals surface area contributed by atoms with Crippen LogP contribution in [0.1, 0.15) is 40.2 Å². The number of nitrogens with one attached hydrogen (secondary N) is 2. The first kappa shape index (κ1) is 28.8. The lowest BCUT2D eigenvalue weighted by Gasteiger charge is -2.18. The van der Waals surface area contributed by atoms with Crippen LogP contribution in [0.5, 0.6) is 11.5 Å². The largest absolute Gasteiger partial charge is 0.485 e. The Kier molecular flexibility index (Phi) is 9.50. The number of carbonyl (C=O) groups excluding carboxylic acids is 2. The molecule has 13 heteroatoms. The summed E-state index contributed by atoms with van der Waals surface area (Å²) in [5.74, 6) is 0.457. The van der Waals surface area contributed by atoms with E-state index >= 15 is 0 Å². The number of ether oxygens (including phenoxy) is 2. The van der Waals surface area contributed by atoms with Crippen LogP contribution in [-0.2, 0) is 6.61 Å². The van der Waals surface area contributed by atoms with Crippen molar-refractivity contribution in [3.8, 4) is 17.6 Å².